The van der Waals surface area contributed by atoms with Gasteiger partial charge in [-0.2, -0.15) is 0 Å². The summed E-state index contributed by atoms with van der Waals surface area (Å²) in [5.74, 6) is -1.15. The molecule has 0 aliphatic carbocycles. The summed E-state index contributed by atoms with van der Waals surface area (Å²) in [6.07, 6.45) is 5.69. The molecule has 0 bridgehead atoms. The minimum absolute atomic E-state index is 0.125. The van der Waals surface area contributed by atoms with Crippen LogP contribution in [-0.4, -0.2) is 76.7 Å². The lowest BCUT2D eigenvalue weighted by molar-refractivity contribution is -0.133. The van der Waals surface area contributed by atoms with Gasteiger partial charge in [0.1, 0.15) is 12.2 Å². The Hall–Kier alpha value is -3.32. The van der Waals surface area contributed by atoms with Crippen molar-refractivity contribution in [2.45, 2.75) is 0 Å². The SMILES string of the molecule is O=C(CN1C(=O)c2cccnc2C1=O)N1CCN(C/C=C/c2ccccc2)CC1. The zero-order valence-electron chi connectivity index (χ0n) is 16.0. The summed E-state index contributed by atoms with van der Waals surface area (Å²) in [6, 6.07) is 13.3. The fraction of sp³-hybridized carbons (Fsp3) is 0.273. The van der Waals surface area contributed by atoms with Gasteiger partial charge < -0.3 is 4.90 Å². The molecule has 0 spiro atoms. The van der Waals surface area contributed by atoms with E-state index in [9.17, 15) is 14.4 Å². The maximum Gasteiger partial charge on any atom is 0.280 e. The molecule has 2 aliphatic rings. The van der Waals surface area contributed by atoms with Gasteiger partial charge in [-0.05, 0) is 17.7 Å². The number of amides is 3. The number of hydrogen-bond donors (Lipinski definition) is 0. The summed E-state index contributed by atoms with van der Waals surface area (Å²) in [7, 11) is 0. The van der Waals surface area contributed by atoms with Crippen LogP contribution in [0.4, 0.5) is 0 Å². The van der Waals surface area contributed by atoms with E-state index in [4.69, 9.17) is 0 Å². The minimum Gasteiger partial charge on any atom is -0.339 e. The first-order chi connectivity index (χ1) is 14.1. The topological polar surface area (TPSA) is 73.8 Å². The molecular formula is C22H22N4O3. The molecule has 0 atom stereocenters. The van der Waals surface area contributed by atoms with Gasteiger partial charge in [-0.1, -0.05) is 42.5 Å². The number of rotatable bonds is 5. The molecule has 1 fully saturated rings. The van der Waals surface area contributed by atoms with Crippen LogP contribution in [0, 0.1) is 0 Å². The van der Waals surface area contributed by atoms with Crippen LogP contribution >= 0.6 is 0 Å². The Morgan fingerprint density at radius 1 is 0.966 bits per heavy atom. The van der Waals surface area contributed by atoms with Crippen LogP contribution in [-0.2, 0) is 4.79 Å². The van der Waals surface area contributed by atoms with Gasteiger partial charge in [-0.15, -0.1) is 0 Å². The van der Waals surface area contributed by atoms with Crippen molar-refractivity contribution in [3.8, 4) is 0 Å². The third-order valence-electron chi connectivity index (χ3n) is 5.22. The summed E-state index contributed by atoms with van der Waals surface area (Å²) in [5.41, 5.74) is 1.55. The largest absolute Gasteiger partial charge is 0.339 e. The number of carbonyl (C=O) groups is 3. The maximum atomic E-state index is 12.6. The second kappa shape index (κ2) is 8.36. The molecule has 2 aliphatic heterocycles. The van der Waals surface area contributed by atoms with Gasteiger partial charge in [0.05, 0.1) is 5.56 Å². The number of imide groups is 1. The quantitative estimate of drug-likeness (QED) is 0.724. The average Bonchev–Trinajstić information content (AvgIpc) is 3.00. The fourth-order valence-electron chi connectivity index (χ4n) is 3.57. The Balaban J connectivity index is 1.27. The molecule has 0 unspecified atom stereocenters. The maximum absolute atomic E-state index is 12.6. The Morgan fingerprint density at radius 2 is 1.72 bits per heavy atom. The molecule has 1 aromatic heterocycles. The van der Waals surface area contributed by atoms with Crippen LogP contribution in [0.15, 0.2) is 54.7 Å². The lowest BCUT2D eigenvalue weighted by Crippen LogP contribution is -2.51. The highest BCUT2D eigenvalue weighted by Crippen LogP contribution is 2.20. The van der Waals surface area contributed by atoms with Crippen LogP contribution in [0.5, 0.6) is 0 Å². The molecule has 7 heteroatoms. The molecule has 1 saturated heterocycles. The smallest absolute Gasteiger partial charge is 0.280 e. The molecule has 1 aromatic carbocycles. The van der Waals surface area contributed by atoms with Crippen molar-refractivity contribution in [1.82, 2.24) is 19.7 Å². The summed E-state index contributed by atoms with van der Waals surface area (Å²) < 4.78 is 0. The van der Waals surface area contributed by atoms with Crippen LogP contribution in [0.1, 0.15) is 26.4 Å². The molecule has 0 saturated carbocycles. The third kappa shape index (κ3) is 4.09. The van der Waals surface area contributed by atoms with E-state index in [2.05, 4.69) is 34.2 Å². The number of fused-ring (bicyclic) bond motifs is 1. The summed E-state index contributed by atoms with van der Waals surface area (Å²) in [4.78, 5) is 46.3. The average molecular weight is 390 g/mol. The predicted octanol–water partition coefficient (Wildman–Crippen LogP) is 1.54. The van der Waals surface area contributed by atoms with E-state index in [1.54, 1.807) is 17.0 Å². The molecule has 148 valence electrons. The fourth-order valence-corrected chi connectivity index (χ4v) is 3.57. The predicted molar refractivity (Wildman–Crippen MR) is 108 cm³/mol. The van der Waals surface area contributed by atoms with Crippen LogP contribution in [0.3, 0.4) is 0 Å². The molecule has 29 heavy (non-hydrogen) atoms. The van der Waals surface area contributed by atoms with Gasteiger partial charge in [-0.3, -0.25) is 29.2 Å². The normalized spacial score (nSPS) is 17.2. The number of piperazine rings is 1. The van der Waals surface area contributed by atoms with Crippen molar-refractivity contribution >= 4 is 23.8 Å². The van der Waals surface area contributed by atoms with E-state index in [1.807, 2.05) is 18.2 Å². The van der Waals surface area contributed by atoms with E-state index < -0.39 is 11.8 Å². The summed E-state index contributed by atoms with van der Waals surface area (Å²) in [5, 5.41) is 0. The second-order valence-corrected chi connectivity index (χ2v) is 7.09. The van der Waals surface area contributed by atoms with E-state index >= 15 is 0 Å². The van der Waals surface area contributed by atoms with Crippen LogP contribution < -0.4 is 0 Å². The first-order valence-corrected chi connectivity index (χ1v) is 9.66. The highest BCUT2D eigenvalue weighted by molar-refractivity contribution is 6.21. The first kappa shape index (κ1) is 19.0. The lowest BCUT2D eigenvalue weighted by atomic mass is 10.2. The number of hydrogen-bond acceptors (Lipinski definition) is 5. The van der Waals surface area contributed by atoms with Gasteiger partial charge >= 0.3 is 0 Å². The van der Waals surface area contributed by atoms with Crippen LogP contribution in [0.2, 0.25) is 0 Å². The van der Waals surface area contributed by atoms with Crippen molar-refractivity contribution in [2.24, 2.45) is 0 Å². The number of aromatic nitrogens is 1. The van der Waals surface area contributed by atoms with Gasteiger partial charge in [-0.25, -0.2) is 0 Å². The zero-order chi connectivity index (χ0) is 20.2. The molecule has 3 heterocycles. The van der Waals surface area contributed by atoms with E-state index in [0.29, 0.717) is 13.1 Å². The highest BCUT2D eigenvalue weighted by Gasteiger charge is 2.38. The molecular weight excluding hydrogens is 368 g/mol. The minimum atomic E-state index is -0.497. The third-order valence-corrected chi connectivity index (χ3v) is 5.22. The van der Waals surface area contributed by atoms with Crippen molar-refractivity contribution in [3.05, 3.63) is 71.6 Å². The second-order valence-electron chi connectivity index (χ2n) is 7.09. The van der Waals surface area contributed by atoms with E-state index in [0.717, 1.165) is 30.1 Å². The van der Waals surface area contributed by atoms with Gasteiger partial charge in [0.25, 0.3) is 11.8 Å². The Kier molecular flexibility index (Phi) is 5.48. The van der Waals surface area contributed by atoms with E-state index in [-0.39, 0.29) is 23.7 Å². The van der Waals surface area contributed by atoms with Gasteiger partial charge in [0.2, 0.25) is 5.91 Å². The zero-order valence-corrected chi connectivity index (χ0v) is 16.0. The molecule has 0 radical (unpaired) electrons. The van der Waals surface area contributed by atoms with Crippen molar-refractivity contribution in [1.29, 1.82) is 0 Å². The number of nitrogens with zero attached hydrogens (tertiary/aromatic N) is 4. The standard InChI is InChI=1S/C22H22N4O3/c27-19(16-26-21(28)18-9-4-10-23-20(18)22(26)29)25-14-12-24(13-15-25)11-5-8-17-6-2-1-3-7-17/h1-10H,11-16H2/b8-5+. The Morgan fingerprint density at radius 3 is 2.45 bits per heavy atom. The Labute approximate surface area is 169 Å². The monoisotopic (exact) mass is 390 g/mol. The molecule has 3 amide bonds. The van der Waals surface area contributed by atoms with Gasteiger partial charge in [0.15, 0.2) is 0 Å². The lowest BCUT2D eigenvalue weighted by Gasteiger charge is -2.34. The van der Waals surface area contributed by atoms with Crippen LogP contribution in [0.25, 0.3) is 6.08 Å². The number of carbonyl (C=O) groups excluding carboxylic acids is 3. The molecule has 7 nitrogen and oxygen atoms in total. The summed E-state index contributed by atoms with van der Waals surface area (Å²) in [6.45, 7) is 3.27. The molecule has 2 aromatic rings. The highest BCUT2D eigenvalue weighted by atomic mass is 16.2. The van der Waals surface area contributed by atoms with Crippen molar-refractivity contribution in [2.75, 3.05) is 39.3 Å². The van der Waals surface area contributed by atoms with E-state index in [1.165, 1.54) is 6.20 Å². The number of benzene rings is 1. The van der Waals surface area contributed by atoms with Gasteiger partial charge in [0, 0.05) is 38.9 Å². The summed E-state index contributed by atoms with van der Waals surface area (Å²) >= 11 is 0. The number of pyridine rings is 1. The molecule has 4 rings (SSSR count). The first-order valence-electron chi connectivity index (χ1n) is 9.66. The van der Waals surface area contributed by atoms with Crippen molar-refractivity contribution in [3.63, 3.8) is 0 Å². The Bertz CT molecular complexity index is 915. The van der Waals surface area contributed by atoms with Crippen molar-refractivity contribution < 1.29 is 14.4 Å². The molecule has 0 N–H and O–H groups in total.